The number of carbonyl (C=O) groups excluding carboxylic acids is 1. The Morgan fingerprint density at radius 2 is 2.14 bits per heavy atom. The van der Waals surface area contributed by atoms with Gasteiger partial charge < -0.3 is 10.6 Å². The van der Waals surface area contributed by atoms with Crippen LogP contribution in [0.5, 0.6) is 0 Å². The Hall–Kier alpha value is -1.95. The summed E-state index contributed by atoms with van der Waals surface area (Å²) in [6, 6.07) is 9.82. The van der Waals surface area contributed by atoms with Crippen molar-refractivity contribution in [3.05, 3.63) is 48.3 Å². The Morgan fingerprint density at radius 1 is 1.32 bits per heavy atom. The van der Waals surface area contributed by atoms with E-state index < -0.39 is 0 Å². The molecule has 0 bridgehead atoms. The summed E-state index contributed by atoms with van der Waals surface area (Å²) in [5.74, 6) is 0.899. The van der Waals surface area contributed by atoms with Crippen LogP contribution in [0.1, 0.15) is 25.5 Å². The number of aromatic nitrogens is 2. The van der Waals surface area contributed by atoms with Crippen LogP contribution in [-0.2, 0) is 0 Å². The first-order chi connectivity index (χ1) is 10.6. The van der Waals surface area contributed by atoms with Crippen molar-refractivity contribution in [2.75, 3.05) is 12.0 Å². The van der Waals surface area contributed by atoms with Crippen LogP contribution in [0.25, 0.3) is 5.69 Å². The second kappa shape index (κ2) is 7.89. The first-order valence-electron chi connectivity index (χ1n) is 7.26. The number of benzene rings is 1. The molecular weight excluding hydrogens is 296 g/mol. The van der Waals surface area contributed by atoms with Crippen LogP contribution in [0.2, 0.25) is 0 Å². The van der Waals surface area contributed by atoms with E-state index in [1.165, 1.54) is 0 Å². The molecule has 22 heavy (non-hydrogen) atoms. The topological polar surface area (TPSA) is 59.0 Å². The van der Waals surface area contributed by atoms with Gasteiger partial charge in [-0.25, -0.2) is 9.48 Å². The molecule has 2 amide bonds. The van der Waals surface area contributed by atoms with E-state index in [1.807, 2.05) is 56.6 Å². The summed E-state index contributed by atoms with van der Waals surface area (Å²) in [6.45, 7) is 3.97. The molecule has 0 fully saturated rings. The number of hydrogen-bond acceptors (Lipinski definition) is 3. The Labute approximate surface area is 135 Å². The zero-order chi connectivity index (χ0) is 15.9. The maximum Gasteiger partial charge on any atom is 0.315 e. The van der Waals surface area contributed by atoms with Gasteiger partial charge >= 0.3 is 6.03 Å². The number of amides is 2. The highest BCUT2D eigenvalue weighted by Crippen LogP contribution is 2.16. The summed E-state index contributed by atoms with van der Waals surface area (Å²) in [7, 11) is 0. The molecule has 118 valence electrons. The number of rotatable bonds is 6. The van der Waals surface area contributed by atoms with Crippen LogP contribution >= 0.6 is 11.8 Å². The summed E-state index contributed by atoms with van der Waals surface area (Å²) in [6.07, 6.45) is 5.67. The lowest BCUT2D eigenvalue weighted by molar-refractivity contribution is 0.235. The third-order valence-electron chi connectivity index (χ3n) is 3.28. The summed E-state index contributed by atoms with van der Waals surface area (Å²) >= 11 is 1.72. The summed E-state index contributed by atoms with van der Waals surface area (Å²) in [5, 5.41) is 10.1. The van der Waals surface area contributed by atoms with Crippen LogP contribution in [0.3, 0.4) is 0 Å². The quantitative estimate of drug-likeness (QED) is 0.861. The van der Waals surface area contributed by atoms with Crippen LogP contribution in [0.15, 0.2) is 42.7 Å². The SMILES string of the molecule is CSCC(C)NC(=O)NC(C)c1cccc(-n2cccn2)c1. The highest BCUT2D eigenvalue weighted by atomic mass is 32.2. The minimum atomic E-state index is -0.140. The van der Waals surface area contributed by atoms with Gasteiger partial charge in [0.1, 0.15) is 0 Å². The van der Waals surface area contributed by atoms with Gasteiger partial charge in [-0.3, -0.25) is 0 Å². The van der Waals surface area contributed by atoms with Gasteiger partial charge in [0.2, 0.25) is 0 Å². The molecule has 0 aliphatic rings. The van der Waals surface area contributed by atoms with E-state index in [2.05, 4.69) is 15.7 Å². The predicted molar refractivity (Wildman–Crippen MR) is 91.5 cm³/mol. The van der Waals surface area contributed by atoms with Gasteiger partial charge in [0.05, 0.1) is 11.7 Å². The van der Waals surface area contributed by atoms with Crippen molar-refractivity contribution in [3.8, 4) is 5.69 Å². The standard InChI is InChI=1S/C16H22N4OS/c1-12(11-22-3)18-16(21)19-13(2)14-6-4-7-15(10-14)20-9-5-8-17-20/h4-10,12-13H,11H2,1-3H3,(H2,18,19,21). The number of urea groups is 1. The van der Waals surface area contributed by atoms with Crippen LogP contribution in [-0.4, -0.2) is 33.9 Å². The first-order valence-corrected chi connectivity index (χ1v) is 8.65. The van der Waals surface area contributed by atoms with Crippen molar-refractivity contribution >= 4 is 17.8 Å². The molecule has 6 heteroatoms. The molecule has 0 aliphatic heterocycles. The lowest BCUT2D eigenvalue weighted by atomic mass is 10.1. The van der Waals surface area contributed by atoms with Crippen LogP contribution in [0, 0.1) is 0 Å². The molecule has 0 spiro atoms. The number of carbonyl (C=O) groups is 1. The largest absolute Gasteiger partial charge is 0.335 e. The molecule has 1 aromatic carbocycles. The monoisotopic (exact) mass is 318 g/mol. The highest BCUT2D eigenvalue weighted by Gasteiger charge is 2.12. The molecule has 0 saturated heterocycles. The van der Waals surface area contributed by atoms with Gasteiger partial charge in [0.15, 0.2) is 0 Å². The number of hydrogen-bond donors (Lipinski definition) is 2. The fourth-order valence-corrected chi connectivity index (χ4v) is 2.78. The van der Waals surface area contributed by atoms with Gasteiger partial charge in [-0.2, -0.15) is 16.9 Å². The Balaban J connectivity index is 1.99. The second-order valence-corrected chi connectivity index (χ2v) is 6.15. The van der Waals surface area contributed by atoms with Crippen LogP contribution in [0.4, 0.5) is 4.79 Å². The number of nitrogens with zero attached hydrogens (tertiary/aromatic N) is 2. The summed E-state index contributed by atoms with van der Waals surface area (Å²) in [5.41, 5.74) is 2.02. The zero-order valence-electron chi connectivity index (χ0n) is 13.1. The molecule has 2 N–H and O–H groups in total. The summed E-state index contributed by atoms with van der Waals surface area (Å²) in [4.78, 5) is 12.0. The third-order valence-corrected chi connectivity index (χ3v) is 4.11. The fraction of sp³-hybridized carbons (Fsp3) is 0.375. The van der Waals surface area contributed by atoms with Gasteiger partial charge in [-0.15, -0.1) is 0 Å². The molecule has 2 aromatic rings. The van der Waals surface area contributed by atoms with E-state index in [0.717, 1.165) is 17.0 Å². The van der Waals surface area contributed by atoms with E-state index >= 15 is 0 Å². The number of thioether (sulfide) groups is 1. The first kappa shape index (κ1) is 16.4. The lowest BCUT2D eigenvalue weighted by Crippen LogP contribution is -2.42. The lowest BCUT2D eigenvalue weighted by Gasteiger charge is -2.18. The van der Waals surface area contributed by atoms with Gasteiger partial charge in [0, 0.05) is 24.2 Å². The van der Waals surface area contributed by atoms with Gasteiger partial charge in [-0.1, -0.05) is 12.1 Å². The van der Waals surface area contributed by atoms with E-state index in [4.69, 9.17) is 0 Å². The average molecular weight is 318 g/mol. The fourth-order valence-electron chi connectivity index (χ4n) is 2.20. The molecule has 2 atom stereocenters. The van der Waals surface area contributed by atoms with Crippen molar-refractivity contribution in [1.29, 1.82) is 0 Å². The Bertz CT molecular complexity index is 600. The Kier molecular flexibility index (Phi) is 5.89. The van der Waals surface area contributed by atoms with Gasteiger partial charge in [0.25, 0.3) is 0 Å². The van der Waals surface area contributed by atoms with E-state index in [9.17, 15) is 4.79 Å². The number of nitrogens with one attached hydrogen (secondary N) is 2. The third kappa shape index (κ3) is 4.53. The normalized spacial score (nSPS) is 13.4. The van der Waals surface area contributed by atoms with Crippen molar-refractivity contribution < 1.29 is 4.79 Å². The molecular formula is C16H22N4OS. The highest BCUT2D eigenvalue weighted by molar-refractivity contribution is 7.98. The molecule has 5 nitrogen and oxygen atoms in total. The average Bonchev–Trinajstić information content (AvgIpc) is 3.01. The molecule has 0 radical (unpaired) electrons. The van der Waals surface area contributed by atoms with Crippen molar-refractivity contribution in [1.82, 2.24) is 20.4 Å². The molecule has 2 unspecified atom stereocenters. The predicted octanol–water partition coefficient (Wildman–Crippen LogP) is 2.98. The minimum Gasteiger partial charge on any atom is -0.335 e. The molecule has 1 aromatic heterocycles. The van der Waals surface area contributed by atoms with E-state index in [-0.39, 0.29) is 18.1 Å². The van der Waals surface area contributed by atoms with Crippen molar-refractivity contribution in [2.45, 2.75) is 25.9 Å². The molecule has 0 saturated carbocycles. The van der Waals surface area contributed by atoms with E-state index in [1.54, 1.807) is 22.6 Å². The summed E-state index contributed by atoms with van der Waals surface area (Å²) < 4.78 is 1.80. The van der Waals surface area contributed by atoms with E-state index in [0.29, 0.717) is 0 Å². The van der Waals surface area contributed by atoms with Crippen molar-refractivity contribution in [3.63, 3.8) is 0 Å². The smallest absolute Gasteiger partial charge is 0.315 e. The maximum absolute atomic E-state index is 12.0. The zero-order valence-corrected chi connectivity index (χ0v) is 13.9. The maximum atomic E-state index is 12.0. The molecule has 2 rings (SSSR count). The van der Waals surface area contributed by atoms with Crippen molar-refractivity contribution in [2.24, 2.45) is 0 Å². The minimum absolute atomic E-state index is 0.0722. The van der Waals surface area contributed by atoms with Crippen LogP contribution < -0.4 is 10.6 Å². The molecule has 0 aliphatic carbocycles. The second-order valence-electron chi connectivity index (χ2n) is 5.24. The Morgan fingerprint density at radius 3 is 2.82 bits per heavy atom. The molecule has 1 heterocycles. The van der Waals surface area contributed by atoms with Gasteiger partial charge in [-0.05, 0) is 43.9 Å².